The Kier molecular flexibility index (Phi) is 8.11. The summed E-state index contributed by atoms with van der Waals surface area (Å²) >= 11 is 0. The van der Waals surface area contributed by atoms with E-state index in [0.717, 1.165) is 7.11 Å². The summed E-state index contributed by atoms with van der Waals surface area (Å²) in [5.41, 5.74) is -0.936. The molecule has 15 heavy (non-hydrogen) atoms. The quantitative estimate of drug-likeness (QED) is 0.388. The molecule has 0 aromatic rings. The molecule has 0 radical (unpaired) electrons. The average Bonchev–Trinajstić information content (AvgIpc) is 2.02. The zero-order valence-electron chi connectivity index (χ0n) is 9.26. The van der Waals surface area contributed by atoms with Gasteiger partial charge in [-0.25, -0.2) is 0 Å². The van der Waals surface area contributed by atoms with Crippen LogP contribution in [-0.2, 0) is 14.6 Å². The van der Waals surface area contributed by atoms with Crippen molar-refractivity contribution >= 4 is 10.4 Å². The van der Waals surface area contributed by atoms with Gasteiger partial charge in [0, 0.05) is 0 Å². The monoisotopic (exact) mass is 245 g/mol. The second-order valence-electron chi connectivity index (χ2n) is 3.04. The third-order valence-corrected chi connectivity index (χ3v) is 1.84. The largest absolute Gasteiger partial charge is 0.397 e. The van der Waals surface area contributed by atoms with Crippen LogP contribution >= 0.6 is 0 Å². The van der Waals surface area contributed by atoms with Crippen LogP contribution in [0.25, 0.3) is 0 Å². The van der Waals surface area contributed by atoms with Gasteiger partial charge in [-0.05, 0) is 20.3 Å². The standard InChI is InChI=1S/C6H15NO2.CH4O4S/c1-4-6(3,9)7-5(2)8;1-5-6(2,3)4/h5,7-9H,4H2,1-3H3;1H3,(H,2,3,4). The lowest BCUT2D eigenvalue weighted by Crippen LogP contribution is -2.46. The topological polar surface area (TPSA) is 116 Å². The van der Waals surface area contributed by atoms with E-state index in [2.05, 4.69) is 9.50 Å². The molecule has 8 heteroatoms. The molecule has 2 atom stereocenters. The third kappa shape index (κ3) is 16.4. The highest BCUT2D eigenvalue weighted by Gasteiger charge is 2.17. The highest BCUT2D eigenvalue weighted by Crippen LogP contribution is 2.03. The molecule has 94 valence electrons. The van der Waals surface area contributed by atoms with Crippen molar-refractivity contribution in [3.63, 3.8) is 0 Å². The number of rotatable bonds is 4. The van der Waals surface area contributed by atoms with Crippen molar-refractivity contribution in [2.24, 2.45) is 0 Å². The maximum Gasteiger partial charge on any atom is 0.397 e. The minimum atomic E-state index is -4.16. The van der Waals surface area contributed by atoms with Crippen LogP contribution in [0.3, 0.4) is 0 Å². The van der Waals surface area contributed by atoms with Crippen molar-refractivity contribution in [3.8, 4) is 0 Å². The predicted octanol–water partition coefficient (Wildman–Crippen LogP) is -0.532. The van der Waals surface area contributed by atoms with Crippen LogP contribution in [0.1, 0.15) is 27.2 Å². The smallest absolute Gasteiger partial charge is 0.379 e. The number of aliphatic hydroxyl groups excluding tert-OH is 1. The molecule has 0 aliphatic carbocycles. The zero-order chi connectivity index (χ0) is 12.7. The highest BCUT2D eigenvalue weighted by molar-refractivity contribution is 7.80. The molecule has 0 saturated heterocycles. The summed E-state index contributed by atoms with van der Waals surface area (Å²) in [6, 6.07) is 0. The van der Waals surface area contributed by atoms with E-state index in [1.165, 1.54) is 0 Å². The lowest BCUT2D eigenvalue weighted by atomic mass is 10.2. The average molecular weight is 245 g/mol. The van der Waals surface area contributed by atoms with Crippen molar-refractivity contribution in [3.05, 3.63) is 0 Å². The first-order chi connectivity index (χ1) is 6.54. The molecule has 0 rings (SSSR count). The Hall–Kier alpha value is -0.250. The van der Waals surface area contributed by atoms with Crippen molar-refractivity contribution in [1.29, 1.82) is 0 Å². The molecule has 0 aromatic heterocycles. The molecule has 0 fully saturated rings. The van der Waals surface area contributed by atoms with Crippen LogP contribution in [0.15, 0.2) is 0 Å². The summed E-state index contributed by atoms with van der Waals surface area (Å²) < 4.78 is 29.7. The van der Waals surface area contributed by atoms with Gasteiger partial charge in [0.1, 0.15) is 12.0 Å². The maximum absolute atomic E-state index is 9.33. The van der Waals surface area contributed by atoms with Gasteiger partial charge in [0.05, 0.1) is 7.11 Å². The van der Waals surface area contributed by atoms with Crippen LogP contribution in [0.4, 0.5) is 0 Å². The summed E-state index contributed by atoms with van der Waals surface area (Å²) in [6.07, 6.45) is -0.0716. The van der Waals surface area contributed by atoms with Crippen LogP contribution in [-0.4, -0.2) is 42.2 Å². The lowest BCUT2D eigenvalue weighted by molar-refractivity contribution is -0.0294. The highest BCUT2D eigenvalue weighted by atomic mass is 32.3. The van der Waals surface area contributed by atoms with E-state index in [4.69, 9.17) is 9.66 Å². The fraction of sp³-hybridized carbons (Fsp3) is 1.00. The van der Waals surface area contributed by atoms with E-state index in [-0.39, 0.29) is 0 Å². The second kappa shape index (κ2) is 7.09. The van der Waals surface area contributed by atoms with Gasteiger partial charge in [0.2, 0.25) is 0 Å². The van der Waals surface area contributed by atoms with E-state index in [1.807, 2.05) is 6.92 Å². The Morgan fingerprint density at radius 3 is 1.93 bits per heavy atom. The molecule has 0 bridgehead atoms. The van der Waals surface area contributed by atoms with Crippen LogP contribution in [0, 0.1) is 0 Å². The summed E-state index contributed by atoms with van der Waals surface area (Å²) in [5.74, 6) is 0. The molecule has 0 saturated carbocycles. The maximum atomic E-state index is 9.33. The van der Waals surface area contributed by atoms with E-state index >= 15 is 0 Å². The van der Waals surface area contributed by atoms with Crippen molar-refractivity contribution in [2.75, 3.05) is 7.11 Å². The lowest BCUT2D eigenvalue weighted by Gasteiger charge is -2.24. The van der Waals surface area contributed by atoms with Crippen LogP contribution in [0.2, 0.25) is 0 Å². The van der Waals surface area contributed by atoms with Gasteiger partial charge in [-0.1, -0.05) is 6.92 Å². The van der Waals surface area contributed by atoms with Gasteiger partial charge >= 0.3 is 10.4 Å². The van der Waals surface area contributed by atoms with Gasteiger partial charge in [-0.2, -0.15) is 8.42 Å². The Bertz CT molecular complexity index is 248. The number of nitrogens with one attached hydrogen (secondary N) is 1. The minimum absolute atomic E-state index is 0.581. The van der Waals surface area contributed by atoms with Crippen molar-refractivity contribution < 1.29 is 27.4 Å². The summed E-state index contributed by atoms with van der Waals surface area (Å²) in [5, 5.41) is 20.6. The van der Waals surface area contributed by atoms with Gasteiger partial charge in [0.15, 0.2) is 0 Å². The Labute approximate surface area is 90.0 Å². The Morgan fingerprint density at radius 2 is 1.87 bits per heavy atom. The molecule has 0 spiro atoms. The number of aliphatic hydroxyl groups is 2. The minimum Gasteiger partial charge on any atom is -0.379 e. The predicted molar refractivity (Wildman–Crippen MR) is 54.3 cm³/mol. The number of hydrogen-bond acceptors (Lipinski definition) is 6. The second-order valence-corrected chi connectivity index (χ2v) is 4.23. The van der Waals surface area contributed by atoms with Crippen molar-refractivity contribution in [1.82, 2.24) is 5.32 Å². The molecule has 0 aliphatic heterocycles. The first-order valence-electron chi connectivity index (χ1n) is 4.25. The van der Waals surface area contributed by atoms with E-state index in [9.17, 15) is 13.5 Å². The number of hydrogen-bond donors (Lipinski definition) is 4. The molecular weight excluding hydrogens is 226 g/mol. The summed E-state index contributed by atoms with van der Waals surface area (Å²) in [7, 11) is -3.29. The van der Waals surface area contributed by atoms with Gasteiger partial charge in [-0.3, -0.25) is 14.1 Å². The molecule has 2 unspecified atom stereocenters. The van der Waals surface area contributed by atoms with E-state index < -0.39 is 22.4 Å². The fourth-order valence-corrected chi connectivity index (χ4v) is 0.552. The third-order valence-electron chi connectivity index (χ3n) is 1.42. The molecule has 0 aromatic carbocycles. The normalized spacial score (nSPS) is 17.3. The fourth-order valence-electron chi connectivity index (χ4n) is 0.552. The molecular formula is C7H19NO6S. The van der Waals surface area contributed by atoms with Gasteiger partial charge < -0.3 is 10.2 Å². The van der Waals surface area contributed by atoms with Crippen LogP contribution < -0.4 is 5.32 Å². The van der Waals surface area contributed by atoms with Gasteiger partial charge in [-0.15, -0.1) is 0 Å². The first kappa shape index (κ1) is 17.2. The SMILES string of the molecule is CCC(C)(O)NC(C)O.COS(=O)(=O)O. The van der Waals surface area contributed by atoms with Gasteiger partial charge in [0.25, 0.3) is 0 Å². The Balaban J connectivity index is 0. The molecule has 0 amide bonds. The van der Waals surface area contributed by atoms with E-state index in [1.54, 1.807) is 13.8 Å². The molecule has 0 heterocycles. The summed E-state index contributed by atoms with van der Waals surface area (Å²) in [6.45, 7) is 5.04. The van der Waals surface area contributed by atoms with E-state index in [0.29, 0.717) is 6.42 Å². The summed E-state index contributed by atoms with van der Waals surface area (Å²) in [4.78, 5) is 0. The first-order valence-corrected chi connectivity index (χ1v) is 5.61. The molecule has 0 aliphatic rings. The van der Waals surface area contributed by atoms with Crippen LogP contribution in [0.5, 0.6) is 0 Å². The van der Waals surface area contributed by atoms with Crippen molar-refractivity contribution in [2.45, 2.75) is 39.1 Å². The molecule has 4 N–H and O–H groups in total. The Morgan fingerprint density at radius 1 is 1.53 bits per heavy atom. The molecule has 7 nitrogen and oxygen atoms in total. The zero-order valence-corrected chi connectivity index (χ0v) is 10.1.